The molecule has 24 heavy (non-hydrogen) atoms. The smallest absolute Gasteiger partial charge is 0.451 e. The molecule has 0 saturated heterocycles. The highest BCUT2D eigenvalue weighted by atomic mass is 16.6. The third-order valence-electron chi connectivity index (χ3n) is 3.61. The van der Waals surface area contributed by atoms with E-state index in [2.05, 4.69) is 0 Å². The Kier molecular flexibility index (Phi) is 7.63. The van der Waals surface area contributed by atoms with E-state index in [0.717, 1.165) is 0 Å². The summed E-state index contributed by atoms with van der Waals surface area (Å²) in [5.74, 6) is -0.907. The Labute approximate surface area is 139 Å². The second-order valence-corrected chi connectivity index (χ2v) is 5.54. The molecule has 0 spiro atoms. The van der Waals surface area contributed by atoms with Crippen molar-refractivity contribution in [2.24, 2.45) is 5.73 Å². The molecule has 9 nitrogen and oxygen atoms in total. The van der Waals surface area contributed by atoms with Crippen LogP contribution >= 0.6 is 0 Å². The number of unbranched alkanes of at least 4 members (excludes halogenated alkanes) is 1. The number of nitro groups is 1. The highest BCUT2D eigenvalue weighted by Gasteiger charge is 2.33. The summed E-state index contributed by atoms with van der Waals surface area (Å²) in [6.07, 6.45) is 1.20. The maximum absolute atomic E-state index is 11.4. The van der Waals surface area contributed by atoms with Crippen molar-refractivity contribution in [1.82, 2.24) is 0 Å². The van der Waals surface area contributed by atoms with Crippen molar-refractivity contribution in [2.45, 2.75) is 37.5 Å². The number of nitrogens with zero attached hydrogens (tertiary/aromatic N) is 1. The lowest BCUT2D eigenvalue weighted by Gasteiger charge is -2.24. The lowest BCUT2D eigenvalue weighted by molar-refractivity contribution is -0.384. The van der Waals surface area contributed by atoms with Gasteiger partial charge >= 0.3 is 13.1 Å². The Balaban J connectivity index is 2.52. The van der Waals surface area contributed by atoms with E-state index in [1.54, 1.807) is 0 Å². The van der Waals surface area contributed by atoms with Gasteiger partial charge in [-0.05, 0) is 18.8 Å². The molecule has 132 valence electrons. The molecule has 0 radical (unpaired) electrons. The molecule has 1 atom stereocenters. The van der Waals surface area contributed by atoms with Crippen LogP contribution in [0.15, 0.2) is 24.3 Å². The Morgan fingerprint density at radius 1 is 1.33 bits per heavy atom. The van der Waals surface area contributed by atoms with E-state index in [9.17, 15) is 20.0 Å². The van der Waals surface area contributed by atoms with Gasteiger partial charge in [-0.2, -0.15) is 0 Å². The van der Waals surface area contributed by atoms with Crippen molar-refractivity contribution < 1.29 is 29.6 Å². The lowest BCUT2D eigenvalue weighted by atomic mass is 9.81. The zero-order chi connectivity index (χ0) is 18.2. The fourth-order valence-electron chi connectivity index (χ4n) is 2.14. The van der Waals surface area contributed by atoms with Crippen LogP contribution in [0.25, 0.3) is 0 Å². The third kappa shape index (κ3) is 6.53. The Hall–Kier alpha value is -2.17. The van der Waals surface area contributed by atoms with Gasteiger partial charge in [0.2, 0.25) is 0 Å². The minimum Gasteiger partial charge on any atom is -0.493 e. The summed E-state index contributed by atoms with van der Waals surface area (Å²) in [5, 5.41) is 37.5. The first-order chi connectivity index (χ1) is 11.2. The van der Waals surface area contributed by atoms with Crippen LogP contribution in [-0.4, -0.2) is 45.3 Å². The van der Waals surface area contributed by atoms with E-state index < -0.39 is 23.5 Å². The minimum atomic E-state index is -1.50. The summed E-state index contributed by atoms with van der Waals surface area (Å²) in [4.78, 5) is 21.5. The number of benzene rings is 1. The molecule has 0 aromatic heterocycles. The van der Waals surface area contributed by atoms with Gasteiger partial charge in [0, 0.05) is 12.5 Å². The molecule has 10 heteroatoms. The molecule has 0 heterocycles. The number of carbonyl (C=O) groups is 1. The summed E-state index contributed by atoms with van der Waals surface area (Å²) in [5.41, 5.74) is 4.27. The van der Waals surface area contributed by atoms with Crippen molar-refractivity contribution in [1.29, 1.82) is 0 Å². The van der Waals surface area contributed by atoms with Crippen LogP contribution in [0, 0.1) is 10.1 Å². The number of nitro benzene ring substituents is 1. The fraction of sp³-hybridized carbons (Fsp3) is 0.500. The largest absolute Gasteiger partial charge is 0.493 e. The van der Waals surface area contributed by atoms with E-state index in [-0.39, 0.29) is 37.2 Å². The molecule has 0 aliphatic rings. The second kappa shape index (κ2) is 9.21. The zero-order valence-electron chi connectivity index (χ0n) is 13.1. The van der Waals surface area contributed by atoms with Crippen LogP contribution in [0.3, 0.4) is 0 Å². The highest BCUT2D eigenvalue weighted by Crippen LogP contribution is 2.21. The maximum atomic E-state index is 11.4. The number of hydrogen-bond acceptors (Lipinski definition) is 7. The lowest BCUT2D eigenvalue weighted by Crippen LogP contribution is -2.49. The van der Waals surface area contributed by atoms with Crippen LogP contribution in [-0.2, 0) is 4.79 Å². The number of ether oxygens (including phenoxy) is 1. The average Bonchev–Trinajstić information content (AvgIpc) is 2.51. The number of carboxylic acids is 1. The van der Waals surface area contributed by atoms with Crippen molar-refractivity contribution in [3.05, 3.63) is 34.4 Å². The first-order valence-corrected chi connectivity index (χ1v) is 7.50. The van der Waals surface area contributed by atoms with E-state index in [1.165, 1.54) is 24.3 Å². The van der Waals surface area contributed by atoms with Gasteiger partial charge < -0.3 is 25.6 Å². The number of rotatable bonds is 11. The molecule has 0 aliphatic carbocycles. The van der Waals surface area contributed by atoms with Gasteiger partial charge in [-0.1, -0.05) is 18.9 Å². The van der Waals surface area contributed by atoms with Crippen LogP contribution in [0.5, 0.6) is 5.75 Å². The SMILES string of the molecule is NC(CCCCB(O)O)(CCOc1cccc([N+](=O)[O-])c1)C(=O)O. The van der Waals surface area contributed by atoms with E-state index in [4.69, 9.17) is 20.5 Å². The Morgan fingerprint density at radius 2 is 2.04 bits per heavy atom. The average molecular weight is 340 g/mol. The monoisotopic (exact) mass is 340 g/mol. The molecule has 1 aromatic carbocycles. The van der Waals surface area contributed by atoms with Crippen molar-refractivity contribution in [2.75, 3.05) is 6.61 Å². The molecule has 0 fully saturated rings. The summed E-state index contributed by atoms with van der Waals surface area (Å²) >= 11 is 0. The van der Waals surface area contributed by atoms with Gasteiger partial charge in [-0.3, -0.25) is 14.9 Å². The topological polar surface area (TPSA) is 156 Å². The van der Waals surface area contributed by atoms with Crippen LogP contribution in [0.4, 0.5) is 5.69 Å². The van der Waals surface area contributed by atoms with E-state index in [0.29, 0.717) is 12.8 Å². The number of nitrogens with two attached hydrogens (primary N) is 1. The zero-order valence-corrected chi connectivity index (χ0v) is 13.1. The van der Waals surface area contributed by atoms with Gasteiger partial charge in [-0.25, -0.2) is 0 Å². The molecule has 0 bridgehead atoms. The molecule has 0 saturated carbocycles. The Morgan fingerprint density at radius 3 is 2.62 bits per heavy atom. The van der Waals surface area contributed by atoms with Crippen molar-refractivity contribution in [3.8, 4) is 5.75 Å². The molecular weight excluding hydrogens is 319 g/mol. The molecule has 1 rings (SSSR count). The first-order valence-electron chi connectivity index (χ1n) is 7.50. The van der Waals surface area contributed by atoms with Gasteiger partial charge in [-0.15, -0.1) is 0 Å². The number of hydrogen-bond donors (Lipinski definition) is 4. The second-order valence-electron chi connectivity index (χ2n) is 5.54. The molecule has 5 N–H and O–H groups in total. The summed E-state index contributed by atoms with van der Waals surface area (Å²) in [7, 11) is -1.42. The predicted molar refractivity (Wildman–Crippen MR) is 86.6 cm³/mol. The quantitative estimate of drug-likeness (QED) is 0.199. The van der Waals surface area contributed by atoms with Gasteiger partial charge in [0.1, 0.15) is 11.3 Å². The number of carboxylic acid groups (broad SMARTS) is 1. The Bertz CT molecular complexity index is 570. The molecule has 1 unspecified atom stereocenters. The first kappa shape index (κ1) is 19.9. The van der Waals surface area contributed by atoms with E-state index in [1.807, 2.05) is 0 Å². The summed E-state index contributed by atoms with van der Waals surface area (Å²) in [6, 6.07) is 5.59. The van der Waals surface area contributed by atoms with Gasteiger partial charge in [0.15, 0.2) is 0 Å². The number of non-ortho nitro benzene ring substituents is 1. The molecule has 0 aliphatic heterocycles. The summed E-state index contributed by atoms with van der Waals surface area (Å²) in [6.45, 7) is -0.00735. The van der Waals surface area contributed by atoms with E-state index >= 15 is 0 Å². The molecule has 1 aromatic rings. The van der Waals surface area contributed by atoms with Gasteiger partial charge in [0.25, 0.3) is 5.69 Å². The van der Waals surface area contributed by atoms with Gasteiger partial charge in [0.05, 0.1) is 17.6 Å². The third-order valence-corrected chi connectivity index (χ3v) is 3.61. The molecular formula is C14H21BN2O7. The standard InChI is InChI=1S/C14H21BN2O7/c16-14(13(18)19,6-1-2-8-15(20)21)7-9-24-12-5-3-4-11(10-12)17(22)23/h3-5,10,20-21H,1-2,6-9,16H2,(H,18,19). The minimum absolute atomic E-state index is 0.00735. The highest BCUT2D eigenvalue weighted by molar-refractivity contribution is 6.40. The van der Waals surface area contributed by atoms with Crippen LogP contribution < -0.4 is 10.5 Å². The fourth-order valence-corrected chi connectivity index (χ4v) is 2.14. The number of aliphatic carboxylic acids is 1. The van der Waals surface area contributed by atoms with Crippen LogP contribution in [0.2, 0.25) is 6.32 Å². The maximum Gasteiger partial charge on any atom is 0.451 e. The summed E-state index contributed by atoms with van der Waals surface area (Å²) < 4.78 is 5.36. The molecule has 0 amide bonds. The normalized spacial score (nSPS) is 13.1. The van der Waals surface area contributed by atoms with Crippen molar-refractivity contribution >= 4 is 18.8 Å². The van der Waals surface area contributed by atoms with Crippen LogP contribution in [0.1, 0.15) is 25.7 Å². The van der Waals surface area contributed by atoms with Crippen molar-refractivity contribution in [3.63, 3.8) is 0 Å². The predicted octanol–water partition coefficient (Wildman–Crippen LogP) is 0.789.